The first kappa shape index (κ1) is 15.2. The molecule has 2 aliphatic rings. The molecule has 4 nitrogen and oxygen atoms in total. The van der Waals surface area contributed by atoms with Crippen LogP contribution in [-0.4, -0.2) is 74.9 Å². The molecule has 2 rings (SSSR count). The number of likely N-dealkylation sites (tertiary alicyclic amines) is 1. The number of morpholine rings is 1. The average Bonchev–Trinajstić information content (AvgIpc) is 2.38. The number of rotatable bonds is 5. The van der Waals surface area contributed by atoms with Crippen molar-refractivity contribution in [3.63, 3.8) is 0 Å². The van der Waals surface area contributed by atoms with Crippen LogP contribution in [0.3, 0.4) is 0 Å². The second-order valence-corrected chi connectivity index (χ2v) is 6.53. The van der Waals surface area contributed by atoms with Gasteiger partial charge in [0.2, 0.25) is 0 Å². The summed E-state index contributed by atoms with van der Waals surface area (Å²) < 4.78 is 5.96. The summed E-state index contributed by atoms with van der Waals surface area (Å²) in [6.45, 7) is 12.4. The third-order valence-electron chi connectivity index (χ3n) is 4.22. The van der Waals surface area contributed by atoms with Gasteiger partial charge in [0.05, 0.1) is 12.7 Å². The molecule has 0 amide bonds. The third kappa shape index (κ3) is 5.03. The van der Waals surface area contributed by atoms with Crippen molar-refractivity contribution in [2.75, 3.05) is 52.9 Å². The predicted octanol–water partition coefficient (Wildman–Crippen LogP) is 1.03. The number of nitrogens with zero attached hydrogens (tertiary/aromatic N) is 2. The molecule has 2 unspecified atom stereocenters. The molecule has 0 bridgehead atoms. The number of piperidine rings is 1. The van der Waals surface area contributed by atoms with Crippen molar-refractivity contribution in [1.29, 1.82) is 0 Å². The lowest BCUT2D eigenvalue weighted by molar-refractivity contribution is -0.0489. The van der Waals surface area contributed by atoms with Gasteiger partial charge in [0.25, 0.3) is 0 Å². The molecule has 0 radical (unpaired) electrons. The highest BCUT2D eigenvalue weighted by molar-refractivity contribution is 4.81. The minimum absolute atomic E-state index is 0.406. The molecule has 19 heavy (non-hydrogen) atoms. The van der Waals surface area contributed by atoms with Crippen molar-refractivity contribution >= 4 is 0 Å². The van der Waals surface area contributed by atoms with E-state index in [1.807, 2.05) is 0 Å². The van der Waals surface area contributed by atoms with Crippen molar-refractivity contribution in [2.45, 2.75) is 38.8 Å². The fraction of sp³-hybridized carbons (Fsp3) is 1.00. The Bertz CT molecular complexity index is 260. The van der Waals surface area contributed by atoms with Gasteiger partial charge < -0.3 is 10.1 Å². The monoisotopic (exact) mass is 269 g/mol. The van der Waals surface area contributed by atoms with E-state index >= 15 is 0 Å². The first-order valence-electron chi connectivity index (χ1n) is 7.91. The molecule has 2 atom stereocenters. The molecule has 1 N–H and O–H groups in total. The zero-order valence-electron chi connectivity index (χ0n) is 12.9. The molecule has 2 fully saturated rings. The molecule has 0 saturated carbocycles. The Labute approximate surface area is 118 Å². The van der Waals surface area contributed by atoms with Crippen LogP contribution in [0.4, 0.5) is 0 Å². The highest BCUT2D eigenvalue weighted by Gasteiger charge is 2.25. The fourth-order valence-corrected chi connectivity index (χ4v) is 3.32. The van der Waals surface area contributed by atoms with Gasteiger partial charge in [0, 0.05) is 38.8 Å². The fourth-order valence-electron chi connectivity index (χ4n) is 3.32. The summed E-state index contributed by atoms with van der Waals surface area (Å²) in [6.07, 6.45) is 3.04. The van der Waals surface area contributed by atoms with E-state index < -0.39 is 0 Å². The van der Waals surface area contributed by atoms with E-state index in [1.54, 1.807) is 0 Å². The van der Waals surface area contributed by atoms with Gasteiger partial charge in [0.1, 0.15) is 0 Å². The van der Waals surface area contributed by atoms with Gasteiger partial charge in [0.15, 0.2) is 0 Å². The largest absolute Gasteiger partial charge is 0.374 e. The van der Waals surface area contributed by atoms with Crippen LogP contribution in [0.2, 0.25) is 0 Å². The van der Waals surface area contributed by atoms with Crippen molar-refractivity contribution in [1.82, 2.24) is 15.1 Å². The molecule has 0 aromatic carbocycles. The normalized spacial score (nSPS) is 30.9. The van der Waals surface area contributed by atoms with E-state index in [0.29, 0.717) is 12.1 Å². The Morgan fingerprint density at radius 3 is 2.79 bits per heavy atom. The molecule has 0 aliphatic carbocycles. The van der Waals surface area contributed by atoms with E-state index in [4.69, 9.17) is 4.74 Å². The van der Waals surface area contributed by atoms with Crippen molar-refractivity contribution in [3.05, 3.63) is 0 Å². The molecule has 2 saturated heterocycles. The quantitative estimate of drug-likeness (QED) is 0.807. The summed E-state index contributed by atoms with van der Waals surface area (Å²) in [5.74, 6) is 0.752. The van der Waals surface area contributed by atoms with Gasteiger partial charge in [-0.15, -0.1) is 0 Å². The molecule has 4 heteroatoms. The topological polar surface area (TPSA) is 27.7 Å². The predicted molar refractivity (Wildman–Crippen MR) is 79.5 cm³/mol. The van der Waals surface area contributed by atoms with Crippen LogP contribution >= 0.6 is 0 Å². The van der Waals surface area contributed by atoms with Gasteiger partial charge in [-0.05, 0) is 32.4 Å². The Morgan fingerprint density at radius 1 is 1.21 bits per heavy atom. The van der Waals surface area contributed by atoms with Crippen LogP contribution in [-0.2, 0) is 4.74 Å². The Balaban J connectivity index is 1.75. The van der Waals surface area contributed by atoms with Crippen LogP contribution in [0.5, 0.6) is 0 Å². The second kappa shape index (κ2) is 7.58. The highest BCUT2D eigenvalue weighted by atomic mass is 16.5. The van der Waals surface area contributed by atoms with Gasteiger partial charge in [-0.25, -0.2) is 0 Å². The van der Waals surface area contributed by atoms with Crippen LogP contribution in [0.25, 0.3) is 0 Å². The summed E-state index contributed by atoms with van der Waals surface area (Å²) in [6, 6.07) is 0.670. The molecule has 2 heterocycles. The lowest BCUT2D eigenvalue weighted by atomic mass is 10.1. The molecule has 0 aromatic rings. The summed E-state index contributed by atoms with van der Waals surface area (Å²) in [4.78, 5) is 5.15. The van der Waals surface area contributed by atoms with Crippen LogP contribution in [0.1, 0.15) is 26.7 Å². The maximum absolute atomic E-state index is 5.96. The van der Waals surface area contributed by atoms with E-state index in [1.165, 1.54) is 32.5 Å². The lowest BCUT2D eigenvalue weighted by Crippen LogP contribution is -2.52. The molecular formula is C15H31N3O. The SMILES string of the molecule is CNC1CCCN(CC2CN(CC(C)C)CCO2)C1. The minimum atomic E-state index is 0.406. The first-order chi connectivity index (χ1) is 9.17. The van der Waals surface area contributed by atoms with E-state index in [9.17, 15) is 0 Å². The number of hydrogen-bond donors (Lipinski definition) is 1. The van der Waals surface area contributed by atoms with Gasteiger partial charge in [-0.3, -0.25) is 9.80 Å². The van der Waals surface area contributed by atoms with E-state index in [-0.39, 0.29) is 0 Å². The maximum Gasteiger partial charge on any atom is 0.0829 e. The van der Waals surface area contributed by atoms with Gasteiger partial charge in [-0.2, -0.15) is 0 Å². The summed E-state index contributed by atoms with van der Waals surface area (Å²) in [5.41, 5.74) is 0. The minimum Gasteiger partial charge on any atom is -0.374 e. The summed E-state index contributed by atoms with van der Waals surface area (Å²) in [5, 5.41) is 3.41. The van der Waals surface area contributed by atoms with Crippen molar-refractivity contribution < 1.29 is 4.74 Å². The summed E-state index contributed by atoms with van der Waals surface area (Å²) >= 11 is 0. The Morgan fingerprint density at radius 2 is 2.05 bits per heavy atom. The molecular weight excluding hydrogens is 238 g/mol. The van der Waals surface area contributed by atoms with Crippen LogP contribution < -0.4 is 5.32 Å². The zero-order valence-corrected chi connectivity index (χ0v) is 12.9. The number of likely N-dealkylation sites (N-methyl/N-ethyl adjacent to an activating group) is 1. The van der Waals surface area contributed by atoms with Crippen molar-refractivity contribution in [2.24, 2.45) is 5.92 Å². The maximum atomic E-state index is 5.96. The second-order valence-electron chi connectivity index (χ2n) is 6.53. The highest BCUT2D eigenvalue weighted by Crippen LogP contribution is 2.14. The Kier molecular flexibility index (Phi) is 6.07. The smallest absolute Gasteiger partial charge is 0.0829 e. The molecule has 0 aromatic heterocycles. The Hall–Kier alpha value is -0.160. The number of ether oxygens (including phenoxy) is 1. The number of hydrogen-bond acceptors (Lipinski definition) is 4. The van der Waals surface area contributed by atoms with E-state index in [0.717, 1.165) is 32.2 Å². The van der Waals surface area contributed by atoms with Gasteiger partial charge >= 0.3 is 0 Å². The van der Waals surface area contributed by atoms with Crippen LogP contribution in [0, 0.1) is 5.92 Å². The standard InChI is InChI=1S/C15H31N3O/c1-13(2)9-18-7-8-19-15(12-18)11-17-6-4-5-14(10-17)16-3/h13-16H,4-12H2,1-3H3. The number of nitrogens with one attached hydrogen (secondary N) is 1. The molecule has 2 aliphatic heterocycles. The van der Waals surface area contributed by atoms with Crippen LogP contribution in [0.15, 0.2) is 0 Å². The first-order valence-corrected chi connectivity index (χ1v) is 7.91. The zero-order chi connectivity index (χ0) is 13.7. The average molecular weight is 269 g/mol. The van der Waals surface area contributed by atoms with Gasteiger partial charge in [-0.1, -0.05) is 13.8 Å². The van der Waals surface area contributed by atoms with Crippen molar-refractivity contribution in [3.8, 4) is 0 Å². The third-order valence-corrected chi connectivity index (χ3v) is 4.22. The van der Waals surface area contributed by atoms with E-state index in [2.05, 4.69) is 36.0 Å². The molecule has 112 valence electrons. The summed E-state index contributed by atoms with van der Waals surface area (Å²) in [7, 11) is 2.08. The molecule has 0 spiro atoms. The lowest BCUT2D eigenvalue weighted by Gasteiger charge is -2.39.